The van der Waals surface area contributed by atoms with Gasteiger partial charge < -0.3 is 19.7 Å². The minimum Gasteiger partial charge on any atom is -0.490 e. The minimum absolute atomic E-state index is 0. The molecule has 0 radical (unpaired) electrons. The molecule has 1 aromatic rings. The molecule has 0 aromatic heterocycles. The molecule has 136 valence electrons. The summed E-state index contributed by atoms with van der Waals surface area (Å²) in [5.74, 6) is 1.54. The fraction of sp³-hybridized carbons (Fsp3) is 0.588. The van der Waals surface area contributed by atoms with Gasteiger partial charge in [-0.2, -0.15) is 0 Å². The topological polar surface area (TPSA) is 50.8 Å². The Balaban J connectivity index is 0.00000288. The highest BCUT2D eigenvalue weighted by Crippen LogP contribution is 2.34. The predicted molar refractivity (Wildman–Crippen MR) is 101 cm³/mol. The zero-order chi connectivity index (χ0) is 16.8. The van der Waals surface area contributed by atoms with E-state index < -0.39 is 0 Å². The number of nitrogens with zero attached hydrogens (tertiary/aromatic N) is 1. The maximum atomic E-state index is 12.6. The van der Waals surface area contributed by atoms with Gasteiger partial charge in [-0.15, -0.1) is 12.4 Å². The summed E-state index contributed by atoms with van der Waals surface area (Å²) in [5.41, 5.74) is 0.924. The van der Waals surface area contributed by atoms with E-state index in [4.69, 9.17) is 9.47 Å². The Kier molecular flexibility index (Phi) is 8.87. The molecule has 1 amide bonds. The average molecular weight is 422 g/mol. The van der Waals surface area contributed by atoms with Gasteiger partial charge in [0.15, 0.2) is 11.5 Å². The number of amides is 1. The SMILES string of the molecule is CCOc1cc(Br)c(CC(=O)N2CCNC(C)C2)cc1OCC.Cl. The standard InChI is InChI=1S/C17H25BrN2O3.ClH/c1-4-22-15-8-13(14(18)10-16(15)23-5-2)9-17(21)20-7-6-19-12(3)11-20;/h8,10,12,19H,4-7,9,11H2,1-3H3;1H. The lowest BCUT2D eigenvalue weighted by molar-refractivity contribution is -0.131. The number of carbonyl (C=O) groups excluding carboxylic acids is 1. The van der Waals surface area contributed by atoms with Crippen LogP contribution in [-0.4, -0.2) is 49.7 Å². The van der Waals surface area contributed by atoms with Crippen LogP contribution in [0.4, 0.5) is 0 Å². The van der Waals surface area contributed by atoms with Crippen molar-refractivity contribution in [1.82, 2.24) is 10.2 Å². The summed E-state index contributed by atoms with van der Waals surface area (Å²) < 4.78 is 12.1. The van der Waals surface area contributed by atoms with E-state index in [9.17, 15) is 4.79 Å². The Morgan fingerprint density at radius 3 is 2.50 bits per heavy atom. The number of benzene rings is 1. The van der Waals surface area contributed by atoms with Crippen LogP contribution in [0.5, 0.6) is 11.5 Å². The average Bonchev–Trinajstić information content (AvgIpc) is 2.52. The van der Waals surface area contributed by atoms with E-state index in [1.54, 1.807) is 0 Å². The zero-order valence-electron chi connectivity index (χ0n) is 14.4. The van der Waals surface area contributed by atoms with Crippen molar-refractivity contribution >= 4 is 34.2 Å². The molecule has 1 fully saturated rings. The number of carbonyl (C=O) groups is 1. The molecule has 7 heteroatoms. The Labute approximate surface area is 158 Å². The Bertz CT molecular complexity index is 557. The van der Waals surface area contributed by atoms with Gasteiger partial charge in [0.2, 0.25) is 5.91 Å². The number of piperazine rings is 1. The van der Waals surface area contributed by atoms with Crippen LogP contribution in [0.15, 0.2) is 16.6 Å². The molecule has 1 aromatic carbocycles. The summed E-state index contributed by atoms with van der Waals surface area (Å²) in [6, 6.07) is 4.13. The molecule has 0 aliphatic carbocycles. The highest BCUT2D eigenvalue weighted by atomic mass is 79.9. The van der Waals surface area contributed by atoms with Crippen LogP contribution in [0.25, 0.3) is 0 Å². The van der Waals surface area contributed by atoms with Gasteiger partial charge >= 0.3 is 0 Å². The van der Waals surface area contributed by atoms with E-state index in [1.165, 1.54) is 0 Å². The van der Waals surface area contributed by atoms with Crippen LogP contribution >= 0.6 is 28.3 Å². The van der Waals surface area contributed by atoms with Crippen molar-refractivity contribution < 1.29 is 14.3 Å². The van der Waals surface area contributed by atoms with Gasteiger partial charge in [0.05, 0.1) is 19.6 Å². The third kappa shape index (κ3) is 5.53. The maximum absolute atomic E-state index is 12.6. The van der Waals surface area contributed by atoms with Crippen LogP contribution < -0.4 is 14.8 Å². The molecule has 1 aliphatic rings. The fourth-order valence-electron chi connectivity index (χ4n) is 2.68. The van der Waals surface area contributed by atoms with Gasteiger partial charge in [-0.25, -0.2) is 0 Å². The zero-order valence-corrected chi connectivity index (χ0v) is 16.8. The Morgan fingerprint density at radius 1 is 1.29 bits per heavy atom. The lowest BCUT2D eigenvalue weighted by atomic mass is 10.1. The fourth-order valence-corrected chi connectivity index (χ4v) is 3.15. The first-order chi connectivity index (χ1) is 11.0. The van der Waals surface area contributed by atoms with E-state index in [0.717, 1.165) is 29.7 Å². The second-order valence-electron chi connectivity index (χ2n) is 5.63. The van der Waals surface area contributed by atoms with Crippen LogP contribution in [0, 0.1) is 0 Å². The number of rotatable bonds is 6. The van der Waals surface area contributed by atoms with E-state index in [-0.39, 0.29) is 18.3 Å². The minimum atomic E-state index is 0. The summed E-state index contributed by atoms with van der Waals surface area (Å²) in [7, 11) is 0. The number of hydrogen-bond acceptors (Lipinski definition) is 4. The van der Waals surface area contributed by atoms with Gasteiger partial charge in [0.25, 0.3) is 0 Å². The summed E-state index contributed by atoms with van der Waals surface area (Å²) in [6.07, 6.45) is 0.361. The van der Waals surface area contributed by atoms with Crippen molar-refractivity contribution in [1.29, 1.82) is 0 Å². The molecule has 1 atom stereocenters. The van der Waals surface area contributed by atoms with E-state index in [2.05, 4.69) is 28.2 Å². The first kappa shape index (κ1) is 21.1. The van der Waals surface area contributed by atoms with Crippen LogP contribution in [-0.2, 0) is 11.2 Å². The number of hydrogen-bond donors (Lipinski definition) is 1. The second-order valence-corrected chi connectivity index (χ2v) is 6.48. The summed E-state index contributed by atoms with van der Waals surface area (Å²) >= 11 is 3.55. The second kappa shape index (κ2) is 10.1. The molecule has 0 spiro atoms. The predicted octanol–water partition coefficient (Wildman–Crippen LogP) is 3.03. The van der Waals surface area contributed by atoms with Crippen LogP contribution in [0.1, 0.15) is 26.3 Å². The van der Waals surface area contributed by atoms with E-state index in [0.29, 0.717) is 37.2 Å². The largest absolute Gasteiger partial charge is 0.490 e. The molecular weight excluding hydrogens is 396 g/mol. The molecular formula is C17H26BrClN2O3. The number of ether oxygens (including phenoxy) is 2. The van der Waals surface area contributed by atoms with Gasteiger partial charge in [-0.05, 0) is 38.5 Å². The third-order valence-electron chi connectivity index (χ3n) is 3.78. The number of halogens is 2. The molecule has 1 N–H and O–H groups in total. The molecule has 24 heavy (non-hydrogen) atoms. The highest BCUT2D eigenvalue weighted by molar-refractivity contribution is 9.10. The van der Waals surface area contributed by atoms with Gasteiger partial charge in [0.1, 0.15) is 0 Å². The van der Waals surface area contributed by atoms with Crippen molar-refractivity contribution in [3.05, 3.63) is 22.2 Å². The van der Waals surface area contributed by atoms with Crippen molar-refractivity contribution in [2.45, 2.75) is 33.2 Å². The smallest absolute Gasteiger partial charge is 0.227 e. The van der Waals surface area contributed by atoms with Crippen molar-refractivity contribution in [3.8, 4) is 11.5 Å². The third-order valence-corrected chi connectivity index (χ3v) is 4.51. The first-order valence-electron chi connectivity index (χ1n) is 8.14. The van der Waals surface area contributed by atoms with Crippen molar-refractivity contribution in [3.63, 3.8) is 0 Å². The van der Waals surface area contributed by atoms with Crippen molar-refractivity contribution in [2.75, 3.05) is 32.8 Å². The molecule has 1 unspecified atom stereocenters. The summed E-state index contributed by atoms with van der Waals surface area (Å²) in [6.45, 7) is 9.47. The Morgan fingerprint density at radius 2 is 1.92 bits per heavy atom. The highest BCUT2D eigenvalue weighted by Gasteiger charge is 2.22. The molecule has 0 saturated carbocycles. The first-order valence-corrected chi connectivity index (χ1v) is 8.93. The normalized spacial score (nSPS) is 17.2. The number of nitrogens with one attached hydrogen (secondary N) is 1. The van der Waals surface area contributed by atoms with Crippen LogP contribution in [0.2, 0.25) is 0 Å². The van der Waals surface area contributed by atoms with Crippen molar-refractivity contribution in [2.24, 2.45) is 0 Å². The van der Waals surface area contributed by atoms with Crippen LogP contribution in [0.3, 0.4) is 0 Å². The Hall–Kier alpha value is -0.980. The molecule has 1 heterocycles. The molecule has 1 saturated heterocycles. The van der Waals surface area contributed by atoms with Gasteiger partial charge in [-0.1, -0.05) is 15.9 Å². The van der Waals surface area contributed by atoms with Gasteiger partial charge in [0, 0.05) is 30.1 Å². The van der Waals surface area contributed by atoms with E-state index in [1.807, 2.05) is 30.9 Å². The summed E-state index contributed by atoms with van der Waals surface area (Å²) in [5, 5.41) is 3.35. The maximum Gasteiger partial charge on any atom is 0.227 e. The monoisotopic (exact) mass is 420 g/mol. The molecule has 1 aliphatic heterocycles. The lowest BCUT2D eigenvalue weighted by Gasteiger charge is -2.32. The quantitative estimate of drug-likeness (QED) is 0.767. The molecule has 5 nitrogen and oxygen atoms in total. The lowest BCUT2D eigenvalue weighted by Crippen LogP contribution is -2.51. The molecule has 2 rings (SSSR count). The summed E-state index contributed by atoms with van der Waals surface area (Å²) in [4.78, 5) is 14.5. The molecule has 0 bridgehead atoms. The van der Waals surface area contributed by atoms with Gasteiger partial charge in [-0.3, -0.25) is 4.79 Å². The van der Waals surface area contributed by atoms with E-state index >= 15 is 0 Å².